The molecule has 8 nitrogen and oxygen atoms in total. The molecule has 0 radical (unpaired) electrons. The van der Waals surface area contributed by atoms with E-state index in [-0.39, 0.29) is 11.2 Å². The molecule has 1 aliphatic rings. The summed E-state index contributed by atoms with van der Waals surface area (Å²) in [6.07, 6.45) is 0. The lowest BCUT2D eigenvalue weighted by atomic mass is 10.1. The molecule has 0 fully saturated rings. The summed E-state index contributed by atoms with van der Waals surface area (Å²) in [5, 5.41) is 3.23. The lowest BCUT2D eigenvalue weighted by Gasteiger charge is -2.20. The Hall–Kier alpha value is -3.03. The number of aromatic amines is 3. The maximum Gasteiger partial charge on any atom is 0.327 e. The van der Waals surface area contributed by atoms with Crippen LogP contribution in [0.15, 0.2) is 27.8 Å². The molecule has 0 aliphatic carbocycles. The molecule has 4 N–H and O–H groups in total. The molecule has 0 atom stereocenters. The Balaban J connectivity index is 1.97. The van der Waals surface area contributed by atoms with Crippen LogP contribution in [0, 0.1) is 0 Å². The molecule has 2 aromatic heterocycles. The molecule has 0 bridgehead atoms. The quantitative estimate of drug-likeness (QED) is 0.517. The average Bonchev–Trinajstić information content (AvgIpc) is 2.90. The molecule has 0 saturated carbocycles. The molecule has 1 aliphatic heterocycles. The van der Waals surface area contributed by atoms with Crippen LogP contribution in [-0.2, 0) is 0 Å². The third kappa shape index (κ3) is 1.80. The largest absolute Gasteiger partial charge is 0.489 e. The highest BCUT2D eigenvalue weighted by molar-refractivity contribution is 5.80. The first-order valence-corrected chi connectivity index (χ1v) is 6.45. The first kappa shape index (κ1) is 11.8. The molecule has 21 heavy (non-hydrogen) atoms. The van der Waals surface area contributed by atoms with Gasteiger partial charge in [-0.1, -0.05) is 6.07 Å². The fraction of sp³-hybridized carbons (Fsp3) is 0.154. The normalized spacial score (nSPS) is 13.5. The molecule has 0 amide bonds. The standard InChI is InChI=1S/C13H11N5O3/c19-12-8-11(17-13(20)18-12)16-10(15-8)6-2-1-3-7-9(6)21-5-4-14-7/h1-3,14H,4-5H2,(H3,15,16,17,18,19,20). The number of benzene rings is 1. The molecule has 0 saturated heterocycles. The number of ether oxygens (including phenoxy) is 1. The Morgan fingerprint density at radius 2 is 2.05 bits per heavy atom. The predicted molar refractivity (Wildman–Crippen MR) is 76.8 cm³/mol. The van der Waals surface area contributed by atoms with Crippen LogP contribution < -0.4 is 21.3 Å². The molecular formula is C13H11N5O3. The molecule has 0 unspecified atom stereocenters. The SMILES string of the molecule is O=c1[nH]c(=O)c2[nH]c(-c3cccc4c3OCCN4)nc2[nH]1. The number of nitrogens with one attached hydrogen (secondary N) is 4. The van der Waals surface area contributed by atoms with Crippen molar-refractivity contribution in [1.29, 1.82) is 0 Å². The van der Waals surface area contributed by atoms with Crippen LogP contribution in [0.2, 0.25) is 0 Å². The van der Waals surface area contributed by atoms with Gasteiger partial charge >= 0.3 is 5.69 Å². The highest BCUT2D eigenvalue weighted by Crippen LogP contribution is 2.36. The number of hydrogen-bond donors (Lipinski definition) is 4. The highest BCUT2D eigenvalue weighted by atomic mass is 16.5. The Kier molecular flexibility index (Phi) is 2.37. The molecule has 3 heterocycles. The number of para-hydroxylation sites is 1. The summed E-state index contributed by atoms with van der Waals surface area (Å²) < 4.78 is 5.68. The van der Waals surface area contributed by atoms with Gasteiger partial charge in [0.1, 0.15) is 17.9 Å². The van der Waals surface area contributed by atoms with Gasteiger partial charge in [0.25, 0.3) is 5.56 Å². The topological polar surface area (TPSA) is 116 Å². The summed E-state index contributed by atoms with van der Waals surface area (Å²) in [5.74, 6) is 1.15. The number of hydrogen-bond acceptors (Lipinski definition) is 5. The summed E-state index contributed by atoms with van der Waals surface area (Å²) in [4.78, 5) is 34.9. The van der Waals surface area contributed by atoms with E-state index in [9.17, 15) is 9.59 Å². The van der Waals surface area contributed by atoms with E-state index in [1.807, 2.05) is 18.2 Å². The number of nitrogens with zero attached hydrogens (tertiary/aromatic N) is 1. The van der Waals surface area contributed by atoms with Gasteiger partial charge in [-0.3, -0.25) is 14.8 Å². The minimum atomic E-state index is -0.585. The van der Waals surface area contributed by atoms with Gasteiger partial charge in [0.05, 0.1) is 11.3 Å². The summed E-state index contributed by atoms with van der Waals surface area (Å²) in [5.41, 5.74) is 0.971. The summed E-state index contributed by atoms with van der Waals surface area (Å²) in [6, 6.07) is 5.63. The number of imidazole rings is 1. The minimum Gasteiger partial charge on any atom is -0.489 e. The fourth-order valence-corrected chi connectivity index (χ4v) is 2.42. The van der Waals surface area contributed by atoms with E-state index in [0.29, 0.717) is 18.2 Å². The number of fused-ring (bicyclic) bond motifs is 2. The van der Waals surface area contributed by atoms with Crippen molar-refractivity contribution in [2.45, 2.75) is 0 Å². The fourth-order valence-electron chi connectivity index (χ4n) is 2.42. The van der Waals surface area contributed by atoms with E-state index in [0.717, 1.165) is 17.8 Å². The third-order valence-corrected chi connectivity index (χ3v) is 3.32. The minimum absolute atomic E-state index is 0.222. The second-order valence-electron chi connectivity index (χ2n) is 4.67. The van der Waals surface area contributed by atoms with Gasteiger partial charge in [-0.15, -0.1) is 0 Å². The second kappa shape index (κ2) is 4.23. The van der Waals surface area contributed by atoms with E-state index in [2.05, 4.69) is 25.3 Å². The van der Waals surface area contributed by atoms with Crippen molar-refractivity contribution in [3.8, 4) is 17.1 Å². The Morgan fingerprint density at radius 1 is 1.14 bits per heavy atom. The monoisotopic (exact) mass is 285 g/mol. The molecule has 0 spiro atoms. The van der Waals surface area contributed by atoms with E-state index in [1.54, 1.807) is 0 Å². The van der Waals surface area contributed by atoms with Crippen LogP contribution in [0.3, 0.4) is 0 Å². The van der Waals surface area contributed by atoms with Gasteiger partial charge in [-0.05, 0) is 12.1 Å². The summed E-state index contributed by atoms with van der Waals surface area (Å²) in [7, 11) is 0. The number of H-pyrrole nitrogens is 3. The maximum atomic E-state index is 11.7. The highest BCUT2D eigenvalue weighted by Gasteiger charge is 2.18. The van der Waals surface area contributed by atoms with Crippen molar-refractivity contribution < 1.29 is 4.74 Å². The lowest BCUT2D eigenvalue weighted by Crippen LogP contribution is -2.21. The van der Waals surface area contributed by atoms with Gasteiger partial charge in [0, 0.05) is 6.54 Å². The van der Waals surface area contributed by atoms with Crippen LogP contribution in [-0.4, -0.2) is 33.1 Å². The second-order valence-corrected chi connectivity index (χ2v) is 4.67. The third-order valence-electron chi connectivity index (χ3n) is 3.32. The molecule has 106 valence electrons. The van der Waals surface area contributed by atoms with Gasteiger partial charge in [0.15, 0.2) is 11.4 Å². The van der Waals surface area contributed by atoms with Crippen LogP contribution in [0.25, 0.3) is 22.6 Å². The first-order chi connectivity index (χ1) is 10.2. The Bertz CT molecular complexity index is 952. The van der Waals surface area contributed by atoms with Gasteiger partial charge in [-0.25, -0.2) is 9.78 Å². The van der Waals surface area contributed by atoms with Crippen LogP contribution in [0.5, 0.6) is 5.75 Å². The predicted octanol–water partition coefficient (Wildman–Crippen LogP) is 0.411. The molecule has 8 heteroatoms. The molecule has 4 rings (SSSR count). The zero-order valence-electron chi connectivity index (χ0n) is 10.8. The van der Waals surface area contributed by atoms with E-state index in [1.165, 1.54) is 0 Å². The summed E-state index contributed by atoms with van der Waals surface area (Å²) in [6.45, 7) is 1.30. The van der Waals surface area contributed by atoms with Crippen molar-refractivity contribution in [1.82, 2.24) is 19.9 Å². The van der Waals surface area contributed by atoms with Crippen molar-refractivity contribution >= 4 is 16.9 Å². The zero-order valence-corrected chi connectivity index (χ0v) is 10.8. The number of rotatable bonds is 1. The Labute approximate surface area is 117 Å². The molecule has 1 aromatic carbocycles. The van der Waals surface area contributed by atoms with Crippen molar-refractivity contribution in [3.05, 3.63) is 39.0 Å². The van der Waals surface area contributed by atoms with Gasteiger partial charge in [0.2, 0.25) is 0 Å². The average molecular weight is 285 g/mol. The molecule has 3 aromatic rings. The van der Waals surface area contributed by atoms with Crippen LogP contribution in [0.4, 0.5) is 5.69 Å². The zero-order chi connectivity index (χ0) is 14.4. The van der Waals surface area contributed by atoms with Crippen molar-refractivity contribution in [2.24, 2.45) is 0 Å². The lowest BCUT2D eigenvalue weighted by molar-refractivity contribution is 0.324. The molecular weight excluding hydrogens is 274 g/mol. The van der Waals surface area contributed by atoms with Gasteiger partial charge < -0.3 is 15.0 Å². The summed E-state index contributed by atoms with van der Waals surface area (Å²) >= 11 is 0. The number of anilines is 1. The van der Waals surface area contributed by atoms with Crippen LogP contribution >= 0.6 is 0 Å². The number of aromatic nitrogens is 4. The maximum absolute atomic E-state index is 11.7. The van der Waals surface area contributed by atoms with Crippen molar-refractivity contribution in [3.63, 3.8) is 0 Å². The Morgan fingerprint density at radius 3 is 2.95 bits per heavy atom. The smallest absolute Gasteiger partial charge is 0.327 e. The first-order valence-electron chi connectivity index (χ1n) is 6.45. The van der Waals surface area contributed by atoms with E-state index >= 15 is 0 Å². The van der Waals surface area contributed by atoms with Crippen molar-refractivity contribution in [2.75, 3.05) is 18.5 Å². The van der Waals surface area contributed by atoms with Crippen LogP contribution in [0.1, 0.15) is 0 Å². The van der Waals surface area contributed by atoms with Gasteiger partial charge in [-0.2, -0.15) is 0 Å². The van der Waals surface area contributed by atoms with E-state index < -0.39 is 11.2 Å². The van der Waals surface area contributed by atoms with E-state index in [4.69, 9.17) is 4.74 Å².